The lowest BCUT2D eigenvalue weighted by Crippen LogP contribution is -2.14. The van der Waals surface area contributed by atoms with Crippen LogP contribution in [0.25, 0.3) is 0 Å². The van der Waals surface area contributed by atoms with Gasteiger partial charge in [-0.05, 0) is 30.7 Å². The number of nitrogens with two attached hydrogens (primary N) is 1. The first kappa shape index (κ1) is 17.2. The Hall–Kier alpha value is -1.87. The van der Waals surface area contributed by atoms with Gasteiger partial charge in [-0.3, -0.25) is 4.79 Å². The molecule has 0 unspecified atom stereocenters. The number of rotatable bonds is 10. The van der Waals surface area contributed by atoms with Crippen molar-refractivity contribution in [2.75, 3.05) is 38.3 Å². The maximum Gasteiger partial charge on any atom is 0.224 e. The summed E-state index contributed by atoms with van der Waals surface area (Å²) in [6, 6.07) is 7.16. The Morgan fingerprint density at radius 2 is 1.81 bits per heavy atom. The number of ether oxygens (including phenoxy) is 2. The number of benzene rings is 1. The first-order valence-electron chi connectivity index (χ1n) is 6.98. The van der Waals surface area contributed by atoms with Crippen LogP contribution < -0.4 is 11.1 Å². The molecule has 0 heterocycles. The second-order valence-corrected chi connectivity index (χ2v) is 4.39. The quantitative estimate of drug-likeness (QED) is 0.504. The summed E-state index contributed by atoms with van der Waals surface area (Å²) in [5.41, 5.74) is 6.82. The highest BCUT2D eigenvalue weighted by Crippen LogP contribution is 2.09. The lowest BCUT2D eigenvalue weighted by molar-refractivity contribution is -0.116. The lowest BCUT2D eigenvalue weighted by Gasteiger charge is -2.06. The molecule has 114 valence electrons. The van der Waals surface area contributed by atoms with Crippen molar-refractivity contribution in [1.82, 2.24) is 0 Å². The number of hydrogen-bond acceptors (Lipinski definition) is 4. The van der Waals surface area contributed by atoms with Crippen molar-refractivity contribution in [1.29, 1.82) is 0 Å². The third-order valence-corrected chi connectivity index (χ3v) is 2.66. The number of anilines is 1. The number of hydrogen-bond donors (Lipinski definition) is 2. The monoisotopic (exact) mass is 290 g/mol. The summed E-state index contributed by atoms with van der Waals surface area (Å²) in [7, 11) is 0. The van der Waals surface area contributed by atoms with Gasteiger partial charge >= 0.3 is 0 Å². The molecule has 0 saturated heterocycles. The average Bonchev–Trinajstić information content (AvgIpc) is 2.50. The van der Waals surface area contributed by atoms with E-state index in [0.29, 0.717) is 45.8 Å². The van der Waals surface area contributed by atoms with Gasteiger partial charge in [0.1, 0.15) is 0 Å². The summed E-state index contributed by atoms with van der Waals surface area (Å²) in [6.07, 6.45) is 6.36. The normalized spacial score (nSPS) is 10.1. The minimum Gasteiger partial charge on any atom is -0.379 e. The number of carbonyl (C=O) groups excluding carboxylic acids is 1. The predicted octanol–water partition coefficient (Wildman–Crippen LogP) is 1.38. The highest BCUT2D eigenvalue weighted by Gasteiger charge is 2.02. The molecule has 1 amide bonds. The predicted molar refractivity (Wildman–Crippen MR) is 82.9 cm³/mol. The van der Waals surface area contributed by atoms with E-state index in [1.54, 1.807) is 24.3 Å². The molecule has 0 aliphatic carbocycles. The van der Waals surface area contributed by atoms with Crippen LogP contribution in [0.1, 0.15) is 18.4 Å². The molecule has 0 radical (unpaired) electrons. The lowest BCUT2D eigenvalue weighted by atomic mass is 10.2. The molecule has 0 bridgehead atoms. The van der Waals surface area contributed by atoms with Crippen LogP contribution in [0.5, 0.6) is 0 Å². The van der Waals surface area contributed by atoms with Crippen LogP contribution in [-0.2, 0) is 14.3 Å². The van der Waals surface area contributed by atoms with Crippen LogP contribution in [0.2, 0.25) is 0 Å². The van der Waals surface area contributed by atoms with Gasteiger partial charge in [0, 0.05) is 30.8 Å². The third-order valence-electron chi connectivity index (χ3n) is 2.66. The Morgan fingerprint density at radius 3 is 2.43 bits per heavy atom. The SMILES string of the molecule is C#Cc1ccc(NC(=O)CCCOCCOCCN)cc1. The molecule has 1 aromatic carbocycles. The molecule has 3 N–H and O–H groups in total. The Kier molecular flexibility index (Phi) is 8.89. The summed E-state index contributed by atoms with van der Waals surface area (Å²) in [5, 5.41) is 2.81. The van der Waals surface area contributed by atoms with E-state index in [4.69, 9.17) is 21.6 Å². The molecule has 0 fully saturated rings. The van der Waals surface area contributed by atoms with Gasteiger partial charge < -0.3 is 20.5 Å². The van der Waals surface area contributed by atoms with Gasteiger partial charge in [0.2, 0.25) is 5.91 Å². The molecule has 0 aromatic heterocycles. The first-order chi connectivity index (χ1) is 10.3. The summed E-state index contributed by atoms with van der Waals surface area (Å²) < 4.78 is 10.5. The topological polar surface area (TPSA) is 73.6 Å². The zero-order valence-electron chi connectivity index (χ0n) is 12.1. The smallest absolute Gasteiger partial charge is 0.224 e. The Morgan fingerprint density at radius 1 is 1.14 bits per heavy atom. The number of nitrogens with one attached hydrogen (secondary N) is 1. The molecule has 0 aliphatic rings. The van der Waals surface area contributed by atoms with Gasteiger partial charge in [-0.1, -0.05) is 5.92 Å². The van der Waals surface area contributed by atoms with E-state index in [9.17, 15) is 4.79 Å². The molecule has 0 atom stereocenters. The van der Waals surface area contributed by atoms with Crippen LogP contribution in [0.3, 0.4) is 0 Å². The molecule has 1 rings (SSSR count). The van der Waals surface area contributed by atoms with Crippen LogP contribution >= 0.6 is 0 Å². The molecule has 5 heteroatoms. The minimum absolute atomic E-state index is 0.0357. The Balaban J connectivity index is 2.07. The Labute approximate surface area is 125 Å². The van der Waals surface area contributed by atoms with Gasteiger partial charge in [0.25, 0.3) is 0 Å². The zero-order valence-corrected chi connectivity index (χ0v) is 12.1. The van der Waals surface area contributed by atoms with Crippen molar-refractivity contribution < 1.29 is 14.3 Å². The van der Waals surface area contributed by atoms with Crippen LogP contribution in [0.4, 0.5) is 5.69 Å². The summed E-state index contributed by atoms with van der Waals surface area (Å²) in [5.74, 6) is 2.49. The van der Waals surface area contributed by atoms with E-state index in [2.05, 4.69) is 11.2 Å². The third kappa shape index (κ3) is 8.10. The first-order valence-corrected chi connectivity index (χ1v) is 6.98. The average molecular weight is 290 g/mol. The van der Waals surface area contributed by atoms with Crippen molar-refractivity contribution >= 4 is 11.6 Å². The van der Waals surface area contributed by atoms with Gasteiger partial charge in [-0.2, -0.15) is 0 Å². The van der Waals surface area contributed by atoms with Gasteiger partial charge in [0.05, 0.1) is 19.8 Å². The Bertz CT molecular complexity index is 452. The van der Waals surface area contributed by atoms with E-state index in [0.717, 1.165) is 11.3 Å². The molecule has 0 spiro atoms. The molecule has 1 aromatic rings. The minimum atomic E-state index is -0.0357. The molecule has 0 aliphatic heterocycles. The number of carbonyl (C=O) groups is 1. The fourth-order valence-electron chi connectivity index (χ4n) is 1.61. The zero-order chi connectivity index (χ0) is 15.3. The maximum atomic E-state index is 11.7. The van der Waals surface area contributed by atoms with E-state index in [-0.39, 0.29) is 5.91 Å². The maximum absolute atomic E-state index is 11.7. The van der Waals surface area contributed by atoms with Crippen LogP contribution in [0, 0.1) is 12.3 Å². The highest BCUT2D eigenvalue weighted by atomic mass is 16.5. The van der Waals surface area contributed by atoms with Crippen LogP contribution in [-0.4, -0.2) is 38.9 Å². The van der Waals surface area contributed by atoms with Gasteiger partial charge in [-0.15, -0.1) is 6.42 Å². The number of terminal acetylenes is 1. The molecular formula is C16H22N2O3. The van der Waals surface area contributed by atoms with Crippen molar-refractivity contribution in [3.05, 3.63) is 29.8 Å². The highest BCUT2D eigenvalue weighted by molar-refractivity contribution is 5.90. The van der Waals surface area contributed by atoms with Crippen molar-refractivity contribution in [3.8, 4) is 12.3 Å². The summed E-state index contributed by atoms with van der Waals surface area (Å²) in [4.78, 5) is 11.7. The van der Waals surface area contributed by atoms with E-state index >= 15 is 0 Å². The van der Waals surface area contributed by atoms with E-state index < -0.39 is 0 Å². The summed E-state index contributed by atoms with van der Waals surface area (Å²) >= 11 is 0. The van der Waals surface area contributed by atoms with Crippen LogP contribution in [0.15, 0.2) is 24.3 Å². The second kappa shape index (κ2) is 10.9. The summed E-state index contributed by atoms with van der Waals surface area (Å²) in [6.45, 7) is 2.66. The van der Waals surface area contributed by atoms with Gasteiger partial charge in [0.15, 0.2) is 0 Å². The second-order valence-electron chi connectivity index (χ2n) is 4.39. The largest absolute Gasteiger partial charge is 0.379 e. The van der Waals surface area contributed by atoms with Gasteiger partial charge in [-0.25, -0.2) is 0 Å². The van der Waals surface area contributed by atoms with E-state index in [1.807, 2.05) is 0 Å². The number of amides is 1. The fraction of sp³-hybridized carbons (Fsp3) is 0.438. The molecular weight excluding hydrogens is 268 g/mol. The van der Waals surface area contributed by atoms with Crippen molar-refractivity contribution in [2.45, 2.75) is 12.8 Å². The molecule has 21 heavy (non-hydrogen) atoms. The van der Waals surface area contributed by atoms with Crippen molar-refractivity contribution in [3.63, 3.8) is 0 Å². The fourth-order valence-corrected chi connectivity index (χ4v) is 1.61. The standard InChI is InChI=1S/C16H22N2O3/c1-2-14-5-7-15(8-6-14)18-16(19)4-3-10-20-12-13-21-11-9-17/h1,5-8H,3-4,9-13,17H2,(H,18,19). The molecule has 5 nitrogen and oxygen atoms in total. The molecule has 0 saturated carbocycles. The van der Waals surface area contributed by atoms with Crippen molar-refractivity contribution in [2.24, 2.45) is 5.73 Å². The van der Waals surface area contributed by atoms with E-state index in [1.165, 1.54) is 0 Å².